The van der Waals surface area contributed by atoms with Gasteiger partial charge in [-0.15, -0.1) is 0 Å². The topological polar surface area (TPSA) is 80.2 Å². The summed E-state index contributed by atoms with van der Waals surface area (Å²) in [6.45, 7) is 6.39. The Morgan fingerprint density at radius 3 is 2.76 bits per heavy atom. The molecule has 0 spiro atoms. The second-order valence-corrected chi connectivity index (χ2v) is 6.07. The number of esters is 1. The van der Waals surface area contributed by atoms with Crippen molar-refractivity contribution < 1.29 is 19.1 Å². The Bertz CT molecular complexity index is 683. The second kappa shape index (κ2) is 7.65. The molecule has 2 heterocycles. The third kappa shape index (κ3) is 3.66. The van der Waals surface area contributed by atoms with Gasteiger partial charge in [-0.1, -0.05) is 24.3 Å². The highest BCUT2D eigenvalue weighted by Crippen LogP contribution is 2.32. The molecule has 7 nitrogen and oxygen atoms in total. The number of morpholine rings is 1. The van der Waals surface area contributed by atoms with Crippen molar-refractivity contribution in [1.82, 2.24) is 10.2 Å². The molecule has 0 aliphatic carbocycles. The lowest BCUT2D eigenvalue weighted by Gasteiger charge is -2.35. The maximum absolute atomic E-state index is 12.7. The second-order valence-electron chi connectivity index (χ2n) is 6.07. The van der Waals surface area contributed by atoms with Crippen LogP contribution in [0.1, 0.15) is 24.1 Å². The number of rotatable bonds is 3. The summed E-state index contributed by atoms with van der Waals surface area (Å²) in [5.41, 5.74) is 1.85. The lowest BCUT2D eigenvalue weighted by atomic mass is 9.89. The monoisotopic (exact) mass is 345 g/mol. The van der Waals surface area contributed by atoms with E-state index in [1.165, 1.54) is 0 Å². The molecule has 2 aliphatic rings. The van der Waals surface area contributed by atoms with Crippen LogP contribution in [0.4, 0.5) is 0 Å². The molecule has 0 saturated carbocycles. The lowest BCUT2D eigenvalue weighted by Crippen LogP contribution is -2.55. The first-order valence-electron chi connectivity index (χ1n) is 8.55. The number of hydrogen-bond acceptors (Lipinski definition) is 6. The molecule has 1 aromatic rings. The van der Waals surface area contributed by atoms with Gasteiger partial charge in [-0.05, 0) is 25.0 Å². The predicted octanol–water partition coefficient (Wildman–Crippen LogP) is 1.03. The number of nitrogens with one attached hydrogen (secondary N) is 1. The molecular weight excluding hydrogens is 322 g/mol. The fourth-order valence-corrected chi connectivity index (χ4v) is 3.14. The Kier molecular flexibility index (Phi) is 5.33. The number of amides is 1. The number of carbonyl (C=O) groups is 2. The zero-order chi connectivity index (χ0) is 17.8. The highest BCUT2D eigenvalue weighted by molar-refractivity contribution is 6.08. The third-order valence-electron chi connectivity index (χ3n) is 4.45. The number of hydrogen-bond donors (Lipinski definition) is 1. The number of carbonyl (C=O) groups excluding carboxylic acids is 2. The average molecular weight is 345 g/mol. The van der Waals surface area contributed by atoms with E-state index in [1.54, 1.807) is 6.92 Å². The fourth-order valence-electron chi connectivity index (χ4n) is 3.14. The molecule has 1 aromatic carbocycles. The number of benzene rings is 1. The zero-order valence-corrected chi connectivity index (χ0v) is 14.5. The van der Waals surface area contributed by atoms with E-state index in [1.807, 2.05) is 36.1 Å². The summed E-state index contributed by atoms with van der Waals surface area (Å²) in [6.07, 6.45) is 0. The average Bonchev–Trinajstić information content (AvgIpc) is 2.62. The maximum Gasteiger partial charge on any atom is 0.321 e. The summed E-state index contributed by atoms with van der Waals surface area (Å²) in [5, 5.41) is 2.78. The molecular formula is C18H23N3O4. The van der Waals surface area contributed by atoms with Crippen molar-refractivity contribution in [2.24, 2.45) is 10.9 Å². The van der Waals surface area contributed by atoms with Gasteiger partial charge in [0.2, 0.25) is 11.9 Å². The van der Waals surface area contributed by atoms with Crippen LogP contribution in [0.5, 0.6) is 0 Å². The molecule has 1 N–H and O–H groups in total. The predicted molar refractivity (Wildman–Crippen MR) is 92.0 cm³/mol. The summed E-state index contributed by atoms with van der Waals surface area (Å²) in [4.78, 5) is 31.8. The van der Waals surface area contributed by atoms with Gasteiger partial charge in [0.25, 0.3) is 0 Å². The standard InChI is InChI=1S/C18H23N3O4/c1-3-25-17(23)14-15(13-7-5-4-6-12(13)2)19-18(20-16(14)22)21-8-10-24-11-9-21/h4-7,14-15H,3,8-11H2,1-2H3,(H,19,20,22)/t14-,15-/m0/s1. The molecule has 1 fully saturated rings. The van der Waals surface area contributed by atoms with Gasteiger partial charge in [-0.3, -0.25) is 14.9 Å². The van der Waals surface area contributed by atoms with Crippen LogP contribution >= 0.6 is 0 Å². The first kappa shape index (κ1) is 17.4. The molecule has 1 saturated heterocycles. The SMILES string of the molecule is CCOC(=O)[C@@H]1C(=O)NC(N2CCOCC2)=N[C@H]1c1ccccc1C. The van der Waals surface area contributed by atoms with Crippen LogP contribution in [-0.2, 0) is 19.1 Å². The van der Waals surface area contributed by atoms with Gasteiger partial charge in [0, 0.05) is 13.1 Å². The van der Waals surface area contributed by atoms with Crippen molar-refractivity contribution in [2.45, 2.75) is 19.9 Å². The number of nitrogens with zero attached hydrogens (tertiary/aromatic N) is 2. The van der Waals surface area contributed by atoms with Crippen molar-refractivity contribution in [2.75, 3.05) is 32.9 Å². The Balaban J connectivity index is 1.99. The summed E-state index contributed by atoms with van der Waals surface area (Å²) in [7, 11) is 0. The van der Waals surface area contributed by atoms with E-state index in [4.69, 9.17) is 14.5 Å². The Labute approximate surface area is 147 Å². The van der Waals surface area contributed by atoms with Crippen LogP contribution in [0.15, 0.2) is 29.3 Å². The quantitative estimate of drug-likeness (QED) is 0.654. The van der Waals surface area contributed by atoms with E-state index < -0.39 is 17.9 Å². The van der Waals surface area contributed by atoms with E-state index in [-0.39, 0.29) is 12.5 Å². The number of guanidine groups is 1. The molecule has 0 radical (unpaired) electrons. The van der Waals surface area contributed by atoms with E-state index in [0.717, 1.165) is 11.1 Å². The fraction of sp³-hybridized carbons (Fsp3) is 0.500. The van der Waals surface area contributed by atoms with Gasteiger partial charge in [0.05, 0.1) is 19.8 Å². The largest absolute Gasteiger partial charge is 0.465 e. The smallest absolute Gasteiger partial charge is 0.321 e. The minimum Gasteiger partial charge on any atom is -0.465 e. The highest BCUT2D eigenvalue weighted by atomic mass is 16.5. The van der Waals surface area contributed by atoms with Crippen molar-refractivity contribution in [3.63, 3.8) is 0 Å². The molecule has 7 heteroatoms. The molecule has 0 bridgehead atoms. The van der Waals surface area contributed by atoms with Gasteiger partial charge in [-0.2, -0.15) is 0 Å². The normalized spacial score (nSPS) is 23.7. The molecule has 0 unspecified atom stereocenters. The highest BCUT2D eigenvalue weighted by Gasteiger charge is 2.42. The van der Waals surface area contributed by atoms with Gasteiger partial charge in [0.1, 0.15) is 6.04 Å². The Morgan fingerprint density at radius 2 is 2.08 bits per heavy atom. The van der Waals surface area contributed by atoms with E-state index in [2.05, 4.69) is 5.32 Å². The summed E-state index contributed by atoms with van der Waals surface area (Å²) >= 11 is 0. The Morgan fingerprint density at radius 1 is 1.36 bits per heavy atom. The molecule has 134 valence electrons. The van der Waals surface area contributed by atoms with Crippen LogP contribution in [0.3, 0.4) is 0 Å². The minimum absolute atomic E-state index is 0.225. The van der Waals surface area contributed by atoms with Crippen molar-refractivity contribution in [3.05, 3.63) is 35.4 Å². The first-order valence-corrected chi connectivity index (χ1v) is 8.55. The zero-order valence-electron chi connectivity index (χ0n) is 14.5. The summed E-state index contributed by atoms with van der Waals surface area (Å²) in [6, 6.07) is 7.08. The number of aliphatic imine (C=N–C) groups is 1. The molecule has 2 aliphatic heterocycles. The molecule has 1 amide bonds. The first-order chi connectivity index (χ1) is 12.1. The van der Waals surface area contributed by atoms with Gasteiger partial charge >= 0.3 is 5.97 Å². The van der Waals surface area contributed by atoms with E-state index in [9.17, 15) is 9.59 Å². The molecule has 2 atom stereocenters. The summed E-state index contributed by atoms with van der Waals surface area (Å²) in [5.74, 6) is -1.39. The van der Waals surface area contributed by atoms with Crippen LogP contribution in [0.25, 0.3) is 0 Å². The van der Waals surface area contributed by atoms with Gasteiger partial charge in [0.15, 0.2) is 5.92 Å². The molecule has 0 aromatic heterocycles. The number of ether oxygens (including phenoxy) is 2. The molecule has 3 rings (SSSR count). The van der Waals surface area contributed by atoms with E-state index in [0.29, 0.717) is 32.3 Å². The van der Waals surface area contributed by atoms with E-state index >= 15 is 0 Å². The molecule has 25 heavy (non-hydrogen) atoms. The van der Waals surface area contributed by atoms with Crippen LogP contribution < -0.4 is 5.32 Å². The maximum atomic E-state index is 12.7. The van der Waals surface area contributed by atoms with Crippen LogP contribution in [0, 0.1) is 12.8 Å². The summed E-state index contributed by atoms with van der Waals surface area (Å²) < 4.78 is 10.5. The van der Waals surface area contributed by atoms with Crippen molar-refractivity contribution in [3.8, 4) is 0 Å². The third-order valence-corrected chi connectivity index (χ3v) is 4.45. The lowest BCUT2D eigenvalue weighted by molar-refractivity contribution is -0.153. The van der Waals surface area contributed by atoms with Crippen LogP contribution in [-0.4, -0.2) is 55.6 Å². The van der Waals surface area contributed by atoms with Crippen LogP contribution in [0.2, 0.25) is 0 Å². The number of aryl methyl sites for hydroxylation is 1. The Hall–Kier alpha value is -2.41. The van der Waals surface area contributed by atoms with Crippen molar-refractivity contribution in [1.29, 1.82) is 0 Å². The van der Waals surface area contributed by atoms with Crippen molar-refractivity contribution >= 4 is 17.8 Å². The van der Waals surface area contributed by atoms with Gasteiger partial charge < -0.3 is 14.4 Å². The van der Waals surface area contributed by atoms with Gasteiger partial charge in [-0.25, -0.2) is 4.99 Å². The minimum atomic E-state index is -0.981.